The molecule has 0 aromatic heterocycles. The Hall–Kier alpha value is 0.320. The fraction of sp³-hybridized carbons (Fsp3) is 0.750. The number of fused-ring (bicyclic) bond motifs is 2. The van der Waals surface area contributed by atoms with Gasteiger partial charge in [-0.25, -0.2) is 0 Å². The van der Waals surface area contributed by atoms with Crippen LogP contribution in [0.1, 0.15) is 13.3 Å². The van der Waals surface area contributed by atoms with Crippen molar-refractivity contribution in [1.29, 1.82) is 0 Å². The summed E-state index contributed by atoms with van der Waals surface area (Å²) in [7, 11) is 0. The largest absolute Gasteiger partial charge is 0.127 e. The van der Waals surface area contributed by atoms with Crippen molar-refractivity contribution in [2.45, 2.75) is 17.7 Å². The molecule has 2 rings (SSSR count). The van der Waals surface area contributed by atoms with Crippen LogP contribution in [0.2, 0.25) is 0 Å². The second-order valence-electron chi connectivity index (χ2n) is 3.35. The van der Waals surface area contributed by atoms with E-state index in [9.17, 15) is 0 Å². The molecule has 2 heteroatoms. The lowest BCUT2D eigenvalue weighted by Crippen LogP contribution is -2.27. The van der Waals surface area contributed by atoms with Crippen molar-refractivity contribution in [3.63, 3.8) is 0 Å². The van der Waals surface area contributed by atoms with Gasteiger partial charge in [0, 0.05) is 5.92 Å². The highest BCUT2D eigenvalue weighted by Gasteiger charge is 2.51. The number of allylic oxidation sites excluding steroid dienone is 2. The van der Waals surface area contributed by atoms with Crippen LogP contribution in [0.3, 0.4) is 0 Å². The lowest BCUT2D eigenvalue weighted by atomic mass is 9.95. The van der Waals surface area contributed by atoms with E-state index in [2.05, 4.69) is 19.1 Å². The molecule has 2 aliphatic rings. The summed E-state index contributed by atoms with van der Waals surface area (Å²) in [6.45, 7) is 2.13. The number of hydrogen-bond donors (Lipinski definition) is 0. The van der Waals surface area contributed by atoms with Crippen molar-refractivity contribution in [2.75, 3.05) is 0 Å². The van der Waals surface area contributed by atoms with Gasteiger partial charge in [-0.3, -0.25) is 0 Å². The van der Waals surface area contributed by atoms with Crippen molar-refractivity contribution >= 4 is 23.2 Å². The number of alkyl halides is 2. The zero-order valence-electron chi connectivity index (χ0n) is 5.85. The highest BCUT2D eigenvalue weighted by Crippen LogP contribution is 2.56. The first-order valence-corrected chi connectivity index (χ1v) is 4.44. The second-order valence-corrected chi connectivity index (χ2v) is 4.80. The van der Waals surface area contributed by atoms with Crippen molar-refractivity contribution < 1.29 is 0 Å². The van der Waals surface area contributed by atoms with Gasteiger partial charge in [0.1, 0.15) is 4.33 Å². The third-order valence-electron chi connectivity index (χ3n) is 2.86. The normalized spacial score (nSPS) is 48.5. The Morgan fingerprint density at radius 3 is 2.40 bits per heavy atom. The van der Waals surface area contributed by atoms with Gasteiger partial charge in [0.05, 0.1) is 0 Å². The summed E-state index contributed by atoms with van der Waals surface area (Å²) in [5.74, 6) is 1.49. The van der Waals surface area contributed by atoms with Crippen LogP contribution < -0.4 is 0 Å². The Bertz CT molecular complexity index is 184. The number of hydrogen-bond acceptors (Lipinski definition) is 0. The molecule has 0 aromatic rings. The molecule has 0 saturated heterocycles. The SMILES string of the molecule is CC1C2C=CC(C2)C1(Cl)Cl. The monoisotopic (exact) mass is 176 g/mol. The molecule has 0 spiro atoms. The quantitative estimate of drug-likeness (QED) is 0.394. The standard InChI is InChI=1S/C8H10Cl2/c1-5-6-2-3-7(4-6)8(5,9)10/h2-3,5-7H,4H2,1H3. The molecule has 1 saturated carbocycles. The van der Waals surface area contributed by atoms with Gasteiger partial charge in [0.2, 0.25) is 0 Å². The Labute approximate surface area is 71.2 Å². The molecular formula is C8H10Cl2. The smallest absolute Gasteiger partial charge is 0.101 e. The zero-order valence-corrected chi connectivity index (χ0v) is 7.36. The molecule has 10 heavy (non-hydrogen) atoms. The molecule has 0 amide bonds. The second kappa shape index (κ2) is 1.92. The summed E-state index contributed by atoms with van der Waals surface area (Å²) in [4.78, 5) is 0. The van der Waals surface area contributed by atoms with Crippen LogP contribution >= 0.6 is 23.2 Å². The van der Waals surface area contributed by atoms with Crippen molar-refractivity contribution in [3.05, 3.63) is 12.2 Å². The van der Waals surface area contributed by atoms with Gasteiger partial charge in [-0.2, -0.15) is 0 Å². The van der Waals surface area contributed by atoms with Crippen LogP contribution in [0.15, 0.2) is 12.2 Å². The Kier molecular flexibility index (Phi) is 1.34. The topological polar surface area (TPSA) is 0 Å². The molecule has 0 aliphatic heterocycles. The van der Waals surface area contributed by atoms with Gasteiger partial charge in [0.25, 0.3) is 0 Å². The van der Waals surface area contributed by atoms with Crippen molar-refractivity contribution in [3.8, 4) is 0 Å². The molecule has 3 unspecified atom stereocenters. The van der Waals surface area contributed by atoms with Crippen molar-refractivity contribution in [1.82, 2.24) is 0 Å². The summed E-state index contributed by atoms with van der Waals surface area (Å²) in [6.07, 6.45) is 5.57. The average molecular weight is 177 g/mol. The van der Waals surface area contributed by atoms with Crippen LogP contribution in [-0.2, 0) is 0 Å². The van der Waals surface area contributed by atoms with Crippen LogP contribution in [0, 0.1) is 17.8 Å². The summed E-state index contributed by atoms with van der Waals surface area (Å²) in [5.41, 5.74) is 0. The first-order chi connectivity index (χ1) is 4.62. The molecule has 2 aliphatic carbocycles. The maximum atomic E-state index is 6.13. The molecule has 56 valence electrons. The predicted molar refractivity (Wildman–Crippen MR) is 44.3 cm³/mol. The van der Waals surface area contributed by atoms with Gasteiger partial charge in [-0.05, 0) is 18.3 Å². The van der Waals surface area contributed by atoms with E-state index in [1.165, 1.54) is 0 Å². The van der Waals surface area contributed by atoms with Gasteiger partial charge < -0.3 is 0 Å². The number of rotatable bonds is 0. The zero-order chi connectivity index (χ0) is 7.35. The summed E-state index contributed by atoms with van der Waals surface area (Å²) in [6, 6.07) is 0. The van der Waals surface area contributed by atoms with Crippen molar-refractivity contribution in [2.24, 2.45) is 17.8 Å². The Balaban J connectivity index is 2.35. The fourth-order valence-electron chi connectivity index (χ4n) is 2.01. The molecule has 0 radical (unpaired) electrons. The average Bonchev–Trinajstić information content (AvgIpc) is 2.37. The fourth-order valence-corrected chi connectivity index (χ4v) is 2.65. The van der Waals surface area contributed by atoms with E-state index < -0.39 is 4.33 Å². The summed E-state index contributed by atoms with van der Waals surface area (Å²) >= 11 is 12.3. The molecule has 3 atom stereocenters. The molecule has 2 bridgehead atoms. The van der Waals surface area contributed by atoms with E-state index in [1.54, 1.807) is 0 Å². The van der Waals surface area contributed by atoms with E-state index in [0.717, 1.165) is 6.42 Å². The van der Waals surface area contributed by atoms with E-state index in [-0.39, 0.29) is 0 Å². The summed E-state index contributed by atoms with van der Waals surface area (Å²) in [5, 5.41) is 0. The molecule has 0 N–H and O–H groups in total. The number of halogens is 2. The predicted octanol–water partition coefficient (Wildman–Crippen LogP) is 3.00. The van der Waals surface area contributed by atoms with E-state index in [0.29, 0.717) is 17.8 Å². The molecule has 0 aromatic carbocycles. The molecule has 0 nitrogen and oxygen atoms in total. The van der Waals surface area contributed by atoms with E-state index in [1.807, 2.05) is 0 Å². The maximum absolute atomic E-state index is 6.13. The van der Waals surface area contributed by atoms with Crippen LogP contribution in [0.25, 0.3) is 0 Å². The third-order valence-corrected chi connectivity index (χ3v) is 4.11. The Morgan fingerprint density at radius 2 is 2.10 bits per heavy atom. The molecule has 1 fully saturated rings. The van der Waals surface area contributed by atoms with Gasteiger partial charge in [0.15, 0.2) is 0 Å². The van der Waals surface area contributed by atoms with Crippen LogP contribution in [-0.4, -0.2) is 4.33 Å². The van der Waals surface area contributed by atoms with Gasteiger partial charge in [-0.15, -0.1) is 23.2 Å². The molecule has 0 heterocycles. The lowest BCUT2D eigenvalue weighted by Gasteiger charge is -2.27. The molecular weight excluding hydrogens is 167 g/mol. The minimum Gasteiger partial charge on any atom is -0.101 e. The van der Waals surface area contributed by atoms with E-state index >= 15 is 0 Å². The minimum absolute atomic E-state index is 0.413. The van der Waals surface area contributed by atoms with Crippen LogP contribution in [0.5, 0.6) is 0 Å². The Morgan fingerprint density at radius 1 is 1.40 bits per heavy atom. The highest BCUT2D eigenvalue weighted by atomic mass is 35.5. The first-order valence-electron chi connectivity index (χ1n) is 3.68. The van der Waals surface area contributed by atoms with Gasteiger partial charge in [-0.1, -0.05) is 19.1 Å². The summed E-state index contributed by atoms with van der Waals surface area (Å²) < 4.78 is -0.473. The lowest BCUT2D eigenvalue weighted by molar-refractivity contribution is 0.468. The van der Waals surface area contributed by atoms with Gasteiger partial charge >= 0.3 is 0 Å². The maximum Gasteiger partial charge on any atom is 0.127 e. The van der Waals surface area contributed by atoms with E-state index in [4.69, 9.17) is 23.2 Å². The minimum atomic E-state index is -0.473. The van der Waals surface area contributed by atoms with Crippen LogP contribution in [0.4, 0.5) is 0 Å². The highest BCUT2D eigenvalue weighted by molar-refractivity contribution is 6.49. The third kappa shape index (κ3) is 0.695. The first kappa shape index (κ1) is 7.00.